The van der Waals surface area contributed by atoms with Gasteiger partial charge in [-0.2, -0.15) is 0 Å². The van der Waals surface area contributed by atoms with Crippen molar-refractivity contribution in [2.75, 3.05) is 19.4 Å². The Bertz CT molecular complexity index is 369. The van der Waals surface area contributed by atoms with Gasteiger partial charge < -0.3 is 15.8 Å². The van der Waals surface area contributed by atoms with Crippen LogP contribution in [-0.2, 0) is 4.79 Å². The lowest BCUT2D eigenvalue weighted by Crippen LogP contribution is -2.18. The van der Waals surface area contributed by atoms with Crippen LogP contribution in [0.15, 0.2) is 18.2 Å². The predicted octanol–water partition coefficient (Wildman–Crippen LogP) is 1.83. The van der Waals surface area contributed by atoms with Gasteiger partial charge in [-0.15, -0.1) is 0 Å². The second-order valence-corrected chi connectivity index (χ2v) is 3.72. The molecule has 0 aliphatic carbocycles. The number of hydrogen-bond donors (Lipinski definition) is 2. The van der Waals surface area contributed by atoms with E-state index in [-0.39, 0.29) is 5.91 Å². The van der Waals surface area contributed by atoms with Gasteiger partial charge in [0.25, 0.3) is 0 Å². The summed E-state index contributed by atoms with van der Waals surface area (Å²) in [7, 11) is 1.61. The van der Waals surface area contributed by atoms with Gasteiger partial charge in [0.15, 0.2) is 0 Å². The average Bonchev–Trinajstić information content (AvgIpc) is 2.28. The number of nitrogens with two attached hydrogens (primary N) is 1. The summed E-state index contributed by atoms with van der Waals surface area (Å²) >= 11 is 5.83. The van der Waals surface area contributed by atoms with Crippen molar-refractivity contribution >= 4 is 23.2 Å². The molecule has 88 valence electrons. The van der Waals surface area contributed by atoms with Crippen molar-refractivity contribution < 1.29 is 9.53 Å². The lowest BCUT2D eigenvalue weighted by molar-refractivity contribution is -0.120. The van der Waals surface area contributed by atoms with E-state index in [1.807, 2.05) is 0 Å². The standard InChI is InChI=1S/C11H15ClN2O2/c1-14-11(15)3-2-6-16-8-4-5-10(13)9(12)7-8/h4-5,7H,2-3,6,13H2,1H3,(H,14,15). The molecule has 0 fully saturated rings. The van der Waals surface area contributed by atoms with E-state index in [4.69, 9.17) is 22.1 Å². The number of amides is 1. The van der Waals surface area contributed by atoms with Crippen molar-refractivity contribution in [1.29, 1.82) is 0 Å². The first-order chi connectivity index (χ1) is 7.63. The number of hydrogen-bond acceptors (Lipinski definition) is 3. The summed E-state index contributed by atoms with van der Waals surface area (Å²) in [5.74, 6) is 0.676. The van der Waals surface area contributed by atoms with E-state index in [2.05, 4.69) is 5.32 Å². The molecule has 0 aromatic heterocycles. The van der Waals surface area contributed by atoms with Gasteiger partial charge in [0.1, 0.15) is 5.75 Å². The Kier molecular flexibility index (Phi) is 4.92. The molecule has 4 nitrogen and oxygen atoms in total. The van der Waals surface area contributed by atoms with Gasteiger partial charge in [-0.25, -0.2) is 0 Å². The van der Waals surface area contributed by atoms with Crippen LogP contribution >= 0.6 is 11.6 Å². The minimum Gasteiger partial charge on any atom is -0.494 e. The van der Waals surface area contributed by atoms with Crippen LogP contribution in [-0.4, -0.2) is 19.6 Å². The largest absolute Gasteiger partial charge is 0.494 e. The SMILES string of the molecule is CNC(=O)CCCOc1ccc(N)c(Cl)c1. The van der Waals surface area contributed by atoms with E-state index in [0.717, 1.165) is 0 Å². The number of carbonyl (C=O) groups is 1. The molecule has 5 heteroatoms. The molecule has 0 saturated carbocycles. The van der Waals surface area contributed by atoms with Gasteiger partial charge in [0.05, 0.1) is 17.3 Å². The maximum Gasteiger partial charge on any atom is 0.219 e. The number of halogens is 1. The van der Waals surface area contributed by atoms with Crippen molar-refractivity contribution in [3.05, 3.63) is 23.2 Å². The summed E-state index contributed by atoms with van der Waals surface area (Å²) in [5.41, 5.74) is 6.09. The zero-order valence-electron chi connectivity index (χ0n) is 9.13. The monoisotopic (exact) mass is 242 g/mol. The highest BCUT2D eigenvalue weighted by Gasteiger charge is 2.01. The van der Waals surface area contributed by atoms with Crippen LogP contribution in [0.1, 0.15) is 12.8 Å². The van der Waals surface area contributed by atoms with Crippen molar-refractivity contribution in [3.8, 4) is 5.75 Å². The molecular formula is C11H15ClN2O2. The molecule has 0 aliphatic rings. The normalized spacial score (nSPS) is 9.88. The highest BCUT2D eigenvalue weighted by Crippen LogP contribution is 2.24. The smallest absolute Gasteiger partial charge is 0.219 e. The van der Waals surface area contributed by atoms with Gasteiger partial charge in [-0.3, -0.25) is 4.79 Å². The zero-order chi connectivity index (χ0) is 12.0. The van der Waals surface area contributed by atoms with Crippen LogP contribution in [0.4, 0.5) is 5.69 Å². The number of anilines is 1. The third-order valence-electron chi connectivity index (χ3n) is 2.07. The quantitative estimate of drug-likeness (QED) is 0.612. The van der Waals surface area contributed by atoms with E-state index < -0.39 is 0 Å². The van der Waals surface area contributed by atoms with Crippen LogP contribution in [0.25, 0.3) is 0 Å². The molecule has 1 aromatic rings. The molecule has 1 amide bonds. The molecule has 0 bridgehead atoms. The summed E-state index contributed by atoms with van der Waals surface area (Å²) in [4.78, 5) is 10.9. The lowest BCUT2D eigenvalue weighted by Gasteiger charge is -2.07. The summed E-state index contributed by atoms with van der Waals surface area (Å²) in [6, 6.07) is 5.11. The molecule has 1 aromatic carbocycles. The Morgan fingerprint density at radius 3 is 2.94 bits per heavy atom. The van der Waals surface area contributed by atoms with E-state index in [1.54, 1.807) is 25.2 Å². The first kappa shape index (κ1) is 12.6. The molecule has 16 heavy (non-hydrogen) atoms. The van der Waals surface area contributed by atoms with Crippen LogP contribution < -0.4 is 15.8 Å². The molecular weight excluding hydrogens is 228 g/mol. The average molecular weight is 243 g/mol. The molecule has 0 spiro atoms. The Labute approximate surface area is 99.7 Å². The number of ether oxygens (including phenoxy) is 1. The van der Waals surface area contributed by atoms with Gasteiger partial charge in [0, 0.05) is 19.5 Å². The highest BCUT2D eigenvalue weighted by atomic mass is 35.5. The van der Waals surface area contributed by atoms with Gasteiger partial charge in [0.2, 0.25) is 5.91 Å². The first-order valence-electron chi connectivity index (χ1n) is 5.02. The number of nitrogen functional groups attached to an aromatic ring is 1. The maximum atomic E-state index is 10.9. The maximum absolute atomic E-state index is 10.9. The lowest BCUT2D eigenvalue weighted by atomic mass is 10.3. The summed E-state index contributed by atoms with van der Waals surface area (Å²) in [6.07, 6.45) is 1.13. The van der Waals surface area contributed by atoms with E-state index in [9.17, 15) is 4.79 Å². The first-order valence-corrected chi connectivity index (χ1v) is 5.39. The highest BCUT2D eigenvalue weighted by molar-refractivity contribution is 6.33. The van der Waals surface area contributed by atoms with Crippen LogP contribution in [0.3, 0.4) is 0 Å². The van der Waals surface area contributed by atoms with Crippen molar-refractivity contribution in [1.82, 2.24) is 5.32 Å². The predicted molar refractivity (Wildman–Crippen MR) is 64.7 cm³/mol. The second kappa shape index (κ2) is 6.23. The summed E-state index contributed by atoms with van der Waals surface area (Å²) in [6.45, 7) is 0.480. The molecule has 0 saturated heterocycles. The molecule has 1 rings (SSSR count). The summed E-state index contributed by atoms with van der Waals surface area (Å²) < 4.78 is 5.42. The van der Waals surface area contributed by atoms with Crippen molar-refractivity contribution in [2.45, 2.75) is 12.8 Å². The Balaban J connectivity index is 2.32. The molecule has 0 atom stereocenters. The third kappa shape index (κ3) is 3.98. The topological polar surface area (TPSA) is 64.3 Å². The fraction of sp³-hybridized carbons (Fsp3) is 0.364. The van der Waals surface area contributed by atoms with Gasteiger partial charge in [-0.05, 0) is 18.6 Å². The van der Waals surface area contributed by atoms with Crippen LogP contribution in [0.5, 0.6) is 5.75 Å². The number of carbonyl (C=O) groups excluding carboxylic acids is 1. The molecule has 0 unspecified atom stereocenters. The fourth-order valence-electron chi connectivity index (χ4n) is 1.15. The molecule has 0 radical (unpaired) electrons. The molecule has 3 N–H and O–H groups in total. The van der Waals surface area contributed by atoms with E-state index >= 15 is 0 Å². The van der Waals surface area contributed by atoms with E-state index in [0.29, 0.717) is 35.9 Å². The zero-order valence-corrected chi connectivity index (χ0v) is 9.88. The minimum absolute atomic E-state index is 0.0129. The van der Waals surface area contributed by atoms with Crippen molar-refractivity contribution in [2.24, 2.45) is 0 Å². The number of nitrogens with one attached hydrogen (secondary N) is 1. The Hall–Kier alpha value is -1.42. The van der Waals surface area contributed by atoms with Crippen molar-refractivity contribution in [3.63, 3.8) is 0 Å². The third-order valence-corrected chi connectivity index (χ3v) is 2.39. The molecule has 0 heterocycles. The van der Waals surface area contributed by atoms with Crippen LogP contribution in [0.2, 0.25) is 5.02 Å². The Morgan fingerprint density at radius 2 is 2.31 bits per heavy atom. The van der Waals surface area contributed by atoms with Crippen LogP contribution in [0, 0.1) is 0 Å². The fourth-order valence-corrected chi connectivity index (χ4v) is 1.32. The van der Waals surface area contributed by atoms with E-state index in [1.165, 1.54) is 0 Å². The molecule has 0 aliphatic heterocycles. The van der Waals surface area contributed by atoms with Gasteiger partial charge in [-0.1, -0.05) is 11.6 Å². The van der Waals surface area contributed by atoms with Gasteiger partial charge >= 0.3 is 0 Å². The minimum atomic E-state index is 0.0129. The number of benzene rings is 1. The second-order valence-electron chi connectivity index (χ2n) is 3.31. The number of rotatable bonds is 5. The summed E-state index contributed by atoms with van der Waals surface area (Å²) in [5, 5.41) is 3.02. The Morgan fingerprint density at radius 1 is 1.56 bits per heavy atom.